The number of piperidine rings is 1. The van der Waals surface area contributed by atoms with Crippen LogP contribution in [0.25, 0.3) is 22.2 Å². The summed E-state index contributed by atoms with van der Waals surface area (Å²) in [4.78, 5) is 27.9. The third kappa shape index (κ3) is 7.18. The molecule has 4 aromatic rings. The predicted molar refractivity (Wildman–Crippen MR) is 213 cm³/mol. The zero-order chi connectivity index (χ0) is 39.4. The quantitative estimate of drug-likeness (QED) is 0.202. The van der Waals surface area contributed by atoms with Crippen molar-refractivity contribution < 1.29 is 35.9 Å². The van der Waals surface area contributed by atoms with E-state index in [0.29, 0.717) is 18.7 Å². The Kier molecular flexibility index (Phi) is 10.2. The highest BCUT2D eigenvalue weighted by Gasteiger charge is 2.60. The molecular weight excluding hydrogens is 755 g/mol. The molecule has 56 heavy (non-hydrogen) atoms. The average molecular weight is 804 g/mol. The molecule has 0 radical (unpaired) electrons. The number of sulfonamides is 1. The van der Waals surface area contributed by atoms with E-state index >= 15 is 0 Å². The number of nitrogens with zero attached hydrogens (tertiary/aromatic N) is 3. The highest BCUT2D eigenvalue weighted by atomic mass is 32.2. The number of hydrogen-bond acceptors (Lipinski definition) is 8. The number of methoxy groups -OCH3 is 1. The lowest BCUT2D eigenvalue weighted by atomic mass is 9.81. The van der Waals surface area contributed by atoms with Gasteiger partial charge in [-0.15, -0.1) is 0 Å². The number of carbonyl (C=O) groups is 2. The Morgan fingerprint density at radius 1 is 0.911 bits per heavy atom. The van der Waals surface area contributed by atoms with Crippen molar-refractivity contribution in [2.45, 2.75) is 87.1 Å². The van der Waals surface area contributed by atoms with Crippen molar-refractivity contribution in [1.82, 2.24) is 23.2 Å². The number of hydrogen-bond donors (Lipinski definition) is 2. The summed E-state index contributed by atoms with van der Waals surface area (Å²) in [5, 5.41) is 0.279. The molecule has 298 valence electrons. The summed E-state index contributed by atoms with van der Waals surface area (Å²) in [6.45, 7) is 0.996. The number of fused-ring (bicyclic) bond motifs is 7. The Balaban J connectivity index is 1.14. The first-order chi connectivity index (χ1) is 26.8. The number of carbonyl (C=O) groups excluding carboxylic acids is 2. The molecule has 2 saturated carbocycles. The first kappa shape index (κ1) is 38.4. The van der Waals surface area contributed by atoms with Gasteiger partial charge < -0.3 is 18.9 Å². The van der Waals surface area contributed by atoms with Gasteiger partial charge in [-0.3, -0.25) is 4.79 Å². The summed E-state index contributed by atoms with van der Waals surface area (Å²) in [6, 6.07) is 20.8. The maximum absolute atomic E-state index is 14.4. The third-order valence-electron chi connectivity index (χ3n) is 12.2. The van der Waals surface area contributed by atoms with Gasteiger partial charge >= 0.3 is 16.3 Å². The van der Waals surface area contributed by atoms with Gasteiger partial charge in [-0.05, 0) is 85.0 Å². The summed E-state index contributed by atoms with van der Waals surface area (Å²) in [6.07, 6.45) is 6.07. The van der Waals surface area contributed by atoms with Crippen LogP contribution in [0.2, 0.25) is 0 Å². The molecule has 3 heterocycles. The molecule has 0 spiro atoms. The molecule has 2 atom stereocenters. The fourth-order valence-corrected chi connectivity index (χ4v) is 11.4. The molecule has 2 amide bonds. The molecule has 1 saturated heterocycles. The van der Waals surface area contributed by atoms with Crippen molar-refractivity contribution in [3.8, 4) is 17.0 Å². The summed E-state index contributed by atoms with van der Waals surface area (Å²) in [5.74, 6) is 0.0621. The van der Waals surface area contributed by atoms with E-state index in [1.165, 1.54) is 26.1 Å². The van der Waals surface area contributed by atoms with Crippen LogP contribution in [0.4, 0.5) is 4.79 Å². The molecule has 15 heteroatoms. The first-order valence-corrected chi connectivity index (χ1v) is 22.4. The Hall–Kier alpha value is -4.44. The normalized spacial score (nSPS) is 21.5. The van der Waals surface area contributed by atoms with E-state index in [0.717, 1.165) is 63.3 Å². The van der Waals surface area contributed by atoms with Crippen LogP contribution < -0.4 is 14.2 Å². The molecule has 3 fully saturated rings. The zero-order valence-electron chi connectivity index (χ0n) is 32.0. The SMILES string of the molecule is COc1ccc2c(c1)C1CC1(NS(=O)(=O)C1CCN(C(=O)OCc3ccccc3)CC1)Cn1c-2c(C2CCCCC2)c2ccc(C(=O)NS(=O)(=O)N(C)C)cc21. The first-order valence-electron chi connectivity index (χ1n) is 19.4. The second-order valence-electron chi connectivity index (χ2n) is 15.9. The van der Waals surface area contributed by atoms with Gasteiger partial charge in [-0.25, -0.2) is 22.7 Å². The molecule has 4 aliphatic rings. The molecule has 13 nitrogen and oxygen atoms in total. The maximum atomic E-state index is 14.4. The van der Waals surface area contributed by atoms with E-state index in [1.807, 2.05) is 48.5 Å². The number of benzene rings is 3. The second-order valence-corrected chi connectivity index (χ2v) is 19.7. The number of amides is 2. The number of ether oxygens (including phenoxy) is 2. The van der Waals surface area contributed by atoms with Gasteiger partial charge in [-0.1, -0.05) is 55.7 Å². The lowest BCUT2D eigenvalue weighted by Crippen LogP contribution is -2.50. The summed E-state index contributed by atoms with van der Waals surface area (Å²) >= 11 is 0. The van der Waals surface area contributed by atoms with E-state index in [1.54, 1.807) is 24.1 Å². The van der Waals surface area contributed by atoms with Crippen LogP contribution in [0.5, 0.6) is 5.75 Å². The molecule has 2 aliphatic heterocycles. The number of nitrogens with one attached hydrogen (secondary N) is 2. The lowest BCUT2D eigenvalue weighted by Gasteiger charge is -2.32. The van der Waals surface area contributed by atoms with Crippen LogP contribution in [-0.2, 0) is 38.1 Å². The monoisotopic (exact) mass is 803 g/mol. The minimum atomic E-state index is -4.04. The highest BCUT2D eigenvalue weighted by molar-refractivity contribution is 7.90. The van der Waals surface area contributed by atoms with E-state index in [-0.39, 0.29) is 49.9 Å². The number of rotatable bonds is 10. The fourth-order valence-electron chi connectivity index (χ4n) is 9.06. The van der Waals surface area contributed by atoms with Crippen LogP contribution in [0.15, 0.2) is 66.7 Å². The topological polar surface area (TPSA) is 156 Å². The van der Waals surface area contributed by atoms with Crippen molar-refractivity contribution in [2.75, 3.05) is 34.3 Å². The van der Waals surface area contributed by atoms with Crippen LogP contribution >= 0.6 is 0 Å². The summed E-state index contributed by atoms with van der Waals surface area (Å²) in [5.41, 5.74) is 5.18. The summed E-state index contributed by atoms with van der Waals surface area (Å²) < 4.78 is 73.7. The minimum absolute atomic E-state index is 0.138. The van der Waals surface area contributed by atoms with E-state index in [2.05, 4.69) is 20.1 Å². The fraction of sp³-hybridized carbons (Fsp3) is 0.463. The molecule has 0 bridgehead atoms. The summed E-state index contributed by atoms with van der Waals surface area (Å²) in [7, 11) is -3.57. The molecule has 3 aromatic carbocycles. The Bertz CT molecular complexity index is 2380. The molecule has 1 aromatic heterocycles. The maximum Gasteiger partial charge on any atom is 0.410 e. The molecule has 2 N–H and O–H groups in total. The number of likely N-dealkylation sites (tertiary alicyclic amines) is 1. The third-order valence-corrected chi connectivity index (χ3v) is 15.6. The minimum Gasteiger partial charge on any atom is -0.497 e. The van der Waals surface area contributed by atoms with Crippen LogP contribution in [0.1, 0.15) is 90.3 Å². The Morgan fingerprint density at radius 2 is 1.64 bits per heavy atom. The molecule has 2 aliphatic carbocycles. The van der Waals surface area contributed by atoms with E-state index in [9.17, 15) is 26.4 Å². The van der Waals surface area contributed by atoms with E-state index < -0.39 is 43.0 Å². The predicted octanol–water partition coefficient (Wildman–Crippen LogP) is 5.86. The van der Waals surface area contributed by atoms with Crippen molar-refractivity contribution in [2.24, 2.45) is 0 Å². The second kappa shape index (κ2) is 14.8. The van der Waals surface area contributed by atoms with Crippen LogP contribution in [-0.4, -0.2) is 87.7 Å². The molecule has 2 unspecified atom stereocenters. The Labute approximate surface area is 328 Å². The highest BCUT2D eigenvalue weighted by Crippen LogP contribution is 2.60. The van der Waals surface area contributed by atoms with Gasteiger partial charge in [0.1, 0.15) is 12.4 Å². The average Bonchev–Trinajstić information content (AvgIpc) is 3.82. The van der Waals surface area contributed by atoms with Gasteiger partial charge in [0.05, 0.1) is 23.6 Å². The van der Waals surface area contributed by atoms with Crippen molar-refractivity contribution >= 4 is 43.1 Å². The smallest absolute Gasteiger partial charge is 0.410 e. The zero-order valence-corrected chi connectivity index (χ0v) is 33.6. The molecular formula is C41H49N5O8S2. The van der Waals surface area contributed by atoms with Crippen LogP contribution in [0.3, 0.4) is 0 Å². The van der Waals surface area contributed by atoms with Crippen LogP contribution in [0, 0.1) is 0 Å². The van der Waals surface area contributed by atoms with Gasteiger partial charge in [0.2, 0.25) is 10.0 Å². The van der Waals surface area contributed by atoms with Gasteiger partial charge in [0, 0.05) is 61.7 Å². The standard InChI is InChI=1S/C41H49N5O8S2/c1-44(2)56(51,52)42-39(47)29-14-16-33-36(22-29)46-26-41(43-55(49,50)31-18-20-45(21-19-31)40(48)54-25-27-10-6-4-7-11-27)24-35(41)34-23-30(53-3)15-17-32(34)38(46)37(33)28-12-8-5-9-13-28/h4,6-7,10-11,14-17,22-23,28,31,35,43H,5,8-9,12-13,18-21,24-26H2,1-3H3,(H,42,47). The van der Waals surface area contributed by atoms with Crippen molar-refractivity contribution in [1.29, 1.82) is 0 Å². The number of aromatic nitrogens is 1. The lowest BCUT2D eigenvalue weighted by molar-refractivity contribution is 0.0896. The van der Waals surface area contributed by atoms with Gasteiger partial charge in [0.15, 0.2) is 0 Å². The Morgan fingerprint density at radius 3 is 2.34 bits per heavy atom. The van der Waals surface area contributed by atoms with Gasteiger partial charge in [-0.2, -0.15) is 12.7 Å². The van der Waals surface area contributed by atoms with Crippen molar-refractivity contribution in [3.63, 3.8) is 0 Å². The molecule has 8 rings (SSSR count). The largest absolute Gasteiger partial charge is 0.497 e. The van der Waals surface area contributed by atoms with Crippen molar-refractivity contribution in [3.05, 3.63) is 89.0 Å². The van der Waals surface area contributed by atoms with E-state index in [4.69, 9.17) is 9.47 Å². The van der Waals surface area contributed by atoms with Gasteiger partial charge in [0.25, 0.3) is 5.91 Å².